The molecular weight excluding hydrogens is 348 g/mol. The highest BCUT2D eigenvalue weighted by atomic mass is 32.2. The highest BCUT2D eigenvalue weighted by molar-refractivity contribution is 7.90. The van der Waals surface area contributed by atoms with E-state index in [4.69, 9.17) is 5.73 Å². The zero-order valence-corrected chi connectivity index (χ0v) is 15.0. The number of nitrogens with one attached hydrogen (secondary N) is 1. The Morgan fingerprint density at radius 3 is 2.81 bits per heavy atom. The smallest absolute Gasteiger partial charge is 0.268 e. The molecule has 2 aromatic heterocycles. The molecule has 1 aliphatic heterocycles. The molecule has 134 valence electrons. The summed E-state index contributed by atoms with van der Waals surface area (Å²) in [5, 5.41) is 3.27. The van der Waals surface area contributed by atoms with Gasteiger partial charge in [-0.15, -0.1) is 0 Å². The fourth-order valence-electron chi connectivity index (χ4n) is 3.36. The van der Waals surface area contributed by atoms with Crippen LogP contribution in [0.25, 0.3) is 16.6 Å². The summed E-state index contributed by atoms with van der Waals surface area (Å²) < 4.78 is 28.1. The van der Waals surface area contributed by atoms with Crippen LogP contribution in [0, 0.1) is 0 Å². The summed E-state index contributed by atoms with van der Waals surface area (Å²) in [6.07, 6.45) is 6.32. The molecule has 0 spiro atoms. The number of nitrogens with two attached hydrogens (primary N) is 1. The maximum atomic E-state index is 13.4. The Hall–Kier alpha value is -2.48. The van der Waals surface area contributed by atoms with E-state index in [1.54, 1.807) is 48.8 Å². The van der Waals surface area contributed by atoms with Crippen LogP contribution in [-0.4, -0.2) is 30.5 Å². The lowest BCUT2D eigenvalue weighted by Crippen LogP contribution is -2.20. The summed E-state index contributed by atoms with van der Waals surface area (Å²) in [5.74, 6) is 0. The first-order valence-electron chi connectivity index (χ1n) is 8.52. The Morgan fingerprint density at radius 1 is 1.19 bits per heavy atom. The van der Waals surface area contributed by atoms with Crippen LogP contribution in [0.3, 0.4) is 0 Å². The zero-order valence-electron chi connectivity index (χ0n) is 14.2. The molecule has 3 heterocycles. The Balaban J connectivity index is 1.96. The largest absolute Gasteiger partial charge is 0.326 e. The first kappa shape index (κ1) is 17.0. The van der Waals surface area contributed by atoms with Crippen molar-refractivity contribution in [2.24, 2.45) is 5.73 Å². The standard InChI is InChI=1S/C19H20N4O2S/c20-12-15-4-1-2-6-18(15)26(24,25)23-13-16(14-7-10-21-11-8-14)19-17(23)5-3-9-22-19/h1-7,9,13,21H,8,10-12,20H2. The number of fused-ring (bicyclic) bond motifs is 1. The van der Waals surface area contributed by atoms with E-state index in [-0.39, 0.29) is 11.4 Å². The lowest BCUT2D eigenvalue weighted by Gasteiger charge is -2.13. The Labute approximate surface area is 152 Å². The highest BCUT2D eigenvalue weighted by Gasteiger charge is 2.25. The monoisotopic (exact) mass is 368 g/mol. The molecular formula is C19H20N4O2S. The number of benzene rings is 1. The van der Waals surface area contributed by atoms with Crippen molar-refractivity contribution in [3.63, 3.8) is 0 Å². The van der Waals surface area contributed by atoms with Crippen molar-refractivity contribution < 1.29 is 8.42 Å². The second kappa shape index (κ2) is 6.68. The van der Waals surface area contributed by atoms with Gasteiger partial charge in [0.15, 0.2) is 0 Å². The molecule has 0 aliphatic carbocycles. The molecule has 4 rings (SSSR count). The van der Waals surface area contributed by atoms with E-state index < -0.39 is 10.0 Å². The van der Waals surface area contributed by atoms with Crippen molar-refractivity contribution in [3.8, 4) is 0 Å². The lowest BCUT2D eigenvalue weighted by molar-refractivity contribution is 0.588. The van der Waals surface area contributed by atoms with Crippen LogP contribution in [0.2, 0.25) is 0 Å². The van der Waals surface area contributed by atoms with Crippen LogP contribution in [0.15, 0.2) is 59.8 Å². The Morgan fingerprint density at radius 2 is 2.04 bits per heavy atom. The zero-order chi connectivity index (χ0) is 18.1. The molecule has 3 N–H and O–H groups in total. The minimum absolute atomic E-state index is 0.163. The molecule has 0 amide bonds. The van der Waals surface area contributed by atoms with Crippen LogP contribution in [0.4, 0.5) is 0 Å². The van der Waals surface area contributed by atoms with Gasteiger partial charge < -0.3 is 11.1 Å². The molecule has 3 aromatic rings. The third-order valence-electron chi connectivity index (χ3n) is 4.66. The van der Waals surface area contributed by atoms with Crippen molar-refractivity contribution in [2.75, 3.05) is 13.1 Å². The molecule has 1 aliphatic rings. The molecule has 7 heteroatoms. The quantitative estimate of drug-likeness (QED) is 0.736. The molecule has 0 unspecified atom stereocenters. The van der Waals surface area contributed by atoms with Gasteiger partial charge in [0.2, 0.25) is 0 Å². The van der Waals surface area contributed by atoms with Crippen LogP contribution in [0.1, 0.15) is 17.5 Å². The fourth-order valence-corrected chi connectivity index (χ4v) is 4.96. The predicted molar refractivity (Wildman–Crippen MR) is 102 cm³/mol. The van der Waals surface area contributed by atoms with Gasteiger partial charge >= 0.3 is 0 Å². The van der Waals surface area contributed by atoms with Gasteiger partial charge in [0.25, 0.3) is 10.0 Å². The van der Waals surface area contributed by atoms with Crippen molar-refractivity contribution in [3.05, 3.63) is 66.0 Å². The minimum atomic E-state index is -3.77. The maximum absolute atomic E-state index is 13.4. The molecule has 0 bridgehead atoms. The first-order chi connectivity index (χ1) is 12.6. The molecule has 26 heavy (non-hydrogen) atoms. The van der Waals surface area contributed by atoms with Crippen LogP contribution in [-0.2, 0) is 16.6 Å². The van der Waals surface area contributed by atoms with Crippen LogP contribution in [0.5, 0.6) is 0 Å². The topological polar surface area (TPSA) is 90.0 Å². The number of hydrogen-bond acceptors (Lipinski definition) is 5. The van der Waals surface area contributed by atoms with Gasteiger partial charge in [0.1, 0.15) is 0 Å². The molecule has 0 saturated heterocycles. The Bertz CT molecular complexity index is 1100. The predicted octanol–water partition coefficient (Wildman–Crippen LogP) is 2.11. The van der Waals surface area contributed by atoms with Gasteiger partial charge in [-0.25, -0.2) is 12.4 Å². The van der Waals surface area contributed by atoms with Gasteiger partial charge in [0, 0.05) is 31.0 Å². The second-order valence-electron chi connectivity index (χ2n) is 6.21. The van der Waals surface area contributed by atoms with Crippen LogP contribution >= 0.6 is 0 Å². The number of nitrogens with zero attached hydrogens (tertiary/aromatic N) is 2. The highest BCUT2D eigenvalue weighted by Crippen LogP contribution is 2.31. The summed E-state index contributed by atoms with van der Waals surface area (Å²) in [5.41, 5.74) is 9.63. The van der Waals surface area contributed by atoms with Crippen molar-refractivity contribution in [2.45, 2.75) is 17.9 Å². The summed E-state index contributed by atoms with van der Waals surface area (Å²) in [6, 6.07) is 10.4. The van der Waals surface area contributed by atoms with Gasteiger partial charge in [-0.2, -0.15) is 0 Å². The van der Waals surface area contributed by atoms with E-state index in [0.29, 0.717) is 16.6 Å². The second-order valence-corrected chi connectivity index (χ2v) is 7.99. The molecule has 0 atom stereocenters. The average molecular weight is 368 g/mol. The number of pyridine rings is 1. The molecule has 0 saturated carbocycles. The van der Waals surface area contributed by atoms with E-state index in [1.807, 2.05) is 0 Å². The average Bonchev–Trinajstić information content (AvgIpc) is 3.09. The molecule has 0 fully saturated rings. The van der Waals surface area contributed by atoms with Crippen molar-refractivity contribution in [1.82, 2.24) is 14.3 Å². The fraction of sp³-hybridized carbons (Fsp3) is 0.211. The third kappa shape index (κ3) is 2.74. The molecule has 6 nitrogen and oxygen atoms in total. The number of rotatable bonds is 4. The minimum Gasteiger partial charge on any atom is -0.326 e. The van der Waals surface area contributed by atoms with Gasteiger partial charge in [-0.1, -0.05) is 24.3 Å². The van der Waals surface area contributed by atoms with E-state index in [0.717, 1.165) is 30.6 Å². The number of aromatic nitrogens is 2. The first-order valence-corrected chi connectivity index (χ1v) is 9.96. The summed E-state index contributed by atoms with van der Waals surface area (Å²) in [7, 11) is -3.77. The van der Waals surface area contributed by atoms with E-state index >= 15 is 0 Å². The normalized spacial score (nSPS) is 15.2. The molecule has 1 aromatic carbocycles. The van der Waals surface area contributed by atoms with Crippen LogP contribution < -0.4 is 11.1 Å². The van der Waals surface area contributed by atoms with Crippen molar-refractivity contribution in [1.29, 1.82) is 0 Å². The maximum Gasteiger partial charge on any atom is 0.268 e. The van der Waals surface area contributed by atoms with E-state index in [2.05, 4.69) is 16.4 Å². The van der Waals surface area contributed by atoms with E-state index in [1.165, 1.54) is 3.97 Å². The van der Waals surface area contributed by atoms with Crippen molar-refractivity contribution >= 4 is 26.6 Å². The molecule has 0 radical (unpaired) electrons. The van der Waals surface area contributed by atoms with Gasteiger partial charge in [-0.3, -0.25) is 4.98 Å². The number of hydrogen-bond donors (Lipinski definition) is 2. The SMILES string of the molecule is NCc1ccccc1S(=O)(=O)n1cc(C2=CCNCC2)c2ncccc21. The third-order valence-corrected chi connectivity index (χ3v) is 6.44. The Kier molecular flexibility index (Phi) is 4.36. The summed E-state index contributed by atoms with van der Waals surface area (Å²) in [4.78, 5) is 4.69. The lowest BCUT2D eigenvalue weighted by atomic mass is 10.0. The summed E-state index contributed by atoms with van der Waals surface area (Å²) >= 11 is 0. The van der Waals surface area contributed by atoms with E-state index in [9.17, 15) is 8.42 Å². The van der Waals surface area contributed by atoms with Gasteiger partial charge in [-0.05, 0) is 42.3 Å². The summed E-state index contributed by atoms with van der Waals surface area (Å²) in [6.45, 7) is 1.81. The van der Waals surface area contributed by atoms with Gasteiger partial charge in [0.05, 0.1) is 15.9 Å².